The van der Waals surface area contributed by atoms with Crippen molar-refractivity contribution < 1.29 is 9.13 Å². The van der Waals surface area contributed by atoms with Gasteiger partial charge in [0.1, 0.15) is 11.6 Å². The molecule has 0 spiro atoms. The van der Waals surface area contributed by atoms with Crippen LogP contribution in [0.25, 0.3) is 0 Å². The summed E-state index contributed by atoms with van der Waals surface area (Å²) in [6.07, 6.45) is -0.00685. The quantitative estimate of drug-likeness (QED) is 0.894. The zero-order valence-electron chi connectivity index (χ0n) is 11.8. The molecule has 0 fully saturated rings. The Morgan fingerprint density at radius 2 is 2.00 bits per heavy atom. The van der Waals surface area contributed by atoms with E-state index in [0.717, 1.165) is 11.3 Å². The monoisotopic (exact) mass is 275 g/mol. The highest BCUT2D eigenvalue weighted by molar-refractivity contribution is 5.63. The maximum Gasteiger partial charge on any atom is 0.239 e. The molecule has 3 N–H and O–H groups in total. The van der Waals surface area contributed by atoms with Crippen molar-refractivity contribution in [2.45, 2.75) is 26.9 Å². The molecular formula is C15H18FN3O. The summed E-state index contributed by atoms with van der Waals surface area (Å²) in [4.78, 5) is 4.32. The third-order valence-corrected chi connectivity index (χ3v) is 2.69. The van der Waals surface area contributed by atoms with Crippen LogP contribution in [0.15, 0.2) is 30.3 Å². The number of rotatable bonds is 4. The molecule has 0 bridgehead atoms. The van der Waals surface area contributed by atoms with E-state index in [9.17, 15) is 4.39 Å². The van der Waals surface area contributed by atoms with Gasteiger partial charge in [-0.2, -0.15) is 4.98 Å². The lowest BCUT2D eigenvalue weighted by Gasteiger charge is -2.14. The van der Waals surface area contributed by atoms with E-state index in [0.29, 0.717) is 17.4 Å². The predicted octanol–water partition coefficient (Wildman–Crippen LogP) is 3.64. The van der Waals surface area contributed by atoms with E-state index in [2.05, 4.69) is 10.3 Å². The van der Waals surface area contributed by atoms with Crippen molar-refractivity contribution in [2.75, 3.05) is 11.1 Å². The minimum absolute atomic E-state index is 0.00685. The van der Waals surface area contributed by atoms with Gasteiger partial charge in [0, 0.05) is 5.69 Å². The standard InChI is InChI=1S/C15H18FN3O/c1-9(2)20-15-12(17)5-7-14(19-15)18-13-6-4-11(16)8-10(13)3/h4-9H,17H2,1-3H3,(H,18,19). The molecule has 0 aliphatic carbocycles. The van der Waals surface area contributed by atoms with Crippen LogP contribution in [0.5, 0.6) is 5.88 Å². The number of anilines is 3. The first kappa shape index (κ1) is 14.1. The molecule has 2 aromatic rings. The lowest BCUT2D eigenvalue weighted by atomic mass is 10.2. The normalized spacial score (nSPS) is 10.7. The van der Waals surface area contributed by atoms with Crippen LogP contribution in [0.3, 0.4) is 0 Å². The minimum Gasteiger partial charge on any atom is -0.473 e. The van der Waals surface area contributed by atoms with E-state index in [4.69, 9.17) is 10.5 Å². The van der Waals surface area contributed by atoms with E-state index in [1.807, 2.05) is 20.8 Å². The molecule has 1 aromatic carbocycles. The molecule has 0 saturated carbocycles. The first-order chi connectivity index (χ1) is 9.45. The van der Waals surface area contributed by atoms with E-state index in [1.54, 1.807) is 18.2 Å². The lowest BCUT2D eigenvalue weighted by Crippen LogP contribution is -2.09. The number of pyridine rings is 1. The fourth-order valence-corrected chi connectivity index (χ4v) is 1.74. The molecule has 106 valence electrons. The van der Waals surface area contributed by atoms with E-state index < -0.39 is 0 Å². The molecule has 0 unspecified atom stereocenters. The maximum absolute atomic E-state index is 13.1. The Labute approximate surface area is 117 Å². The van der Waals surface area contributed by atoms with Crippen LogP contribution in [0.1, 0.15) is 19.4 Å². The van der Waals surface area contributed by atoms with Crippen LogP contribution in [0, 0.1) is 12.7 Å². The summed E-state index contributed by atoms with van der Waals surface area (Å²) >= 11 is 0. The highest BCUT2D eigenvalue weighted by Gasteiger charge is 2.08. The number of hydrogen-bond donors (Lipinski definition) is 2. The Kier molecular flexibility index (Phi) is 4.08. The van der Waals surface area contributed by atoms with Gasteiger partial charge >= 0.3 is 0 Å². The van der Waals surface area contributed by atoms with E-state index >= 15 is 0 Å². The second-order valence-electron chi connectivity index (χ2n) is 4.84. The summed E-state index contributed by atoms with van der Waals surface area (Å²) in [7, 11) is 0. The molecule has 1 aromatic heterocycles. The van der Waals surface area contributed by atoms with Crippen LogP contribution >= 0.6 is 0 Å². The molecule has 0 aliphatic rings. The third kappa shape index (κ3) is 3.38. The van der Waals surface area contributed by atoms with Crippen molar-refractivity contribution >= 4 is 17.2 Å². The molecule has 0 saturated heterocycles. The number of aryl methyl sites for hydroxylation is 1. The van der Waals surface area contributed by atoms with Crippen molar-refractivity contribution in [3.63, 3.8) is 0 Å². The highest BCUT2D eigenvalue weighted by atomic mass is 19.1. The summed E-state index contributed by atoms with van der Waals surface area (Å²) in [5.41, 5.74) is 7.89. The first-order valence-electron chi connectivity index (χ1n) is 6.42. The van der Waals surface area contributed by atoms with Gasteiger partial charge in [-0.1, -0.05) is 0 Å². The zero-order valence-corrected chi connectivity index (χ0v) is 11.8. The van der Waals surface area contributed by atoms with Gasteiger partial charge in [0.2, 0.25) is 5.88 Å². The fraction of sp³-hybridized carbons (Fsp3) is 0.267. The maximum atomic E-state index is 13.1. The van der Waals surface area contributed by atoms with Crippen molar-refractivity contribution in [1.82, 2.24) is 4.98 Å². The molecule has 1 heterocycles. The summed E-state index contributed by atoms with van der Waals surface area (Å²) in [5.74, 6) is 0.733. The number of hydrogen-bond acceptors (Lipinski definition) is 4. The third-order valence-electron chi connectivity index (χ3n) is 2.69. The van der Waals surface area contributed by atoms with Gasteiger partial charge in [-0.05, 0) is 56.7 Å². The number of nitrogens with two attached hydrogens (primary N) is 1. The van der Waals surface area contributed by atoms with E-state index in [-0.39, 0.29) is 11.9 Å². The largest absolute Gasteiger partial charge is 0.473 e. The summed E-state index contributed by atoms with van der Waals surface area (Å²) in [6.45, 7) is 5.64. The second-order valence-corrected chi connectivity index (χ2v) is 4.84. The number of halogens is 1. The minimum atomic E-state index is -0.262. The lowest BCUT2D eigenvalue weighted by molar-refractivity contribution is 0.234. The number of nitrogens with zero attached hydrogens (tertiary/aromatic N) is 1. The number of aromatic nitrogens is 1. The highest BCUT2D eigenvalue weighted by Crippen LogP contribution is 2.25. The van der Waals surface area contributed by atoms with E-state index in [1.165, 1.54) is 12.1 Å². The summed E-state index contributed by atoms with van der Waals surface area (Å²) in [5, 5.41) is 3.13. The van der Waals surface area contributed by atoms with Gasteiger partial charge in [-0.3, -0.25) is 0 Å². The average Bonchev–Trinajstić information content (AvgIpc) is 2.36. The number of ether oxygens (including phenoxy) is 1. The van der Waals surface area contributed by atoms with Crippen molar-refractivity contribution in [3.8, 4) is 5.88 Å². The topological polar surface area (TPSA) is 60.2 Å². The Bertz CT molecular complexity index is 614. The predicted molar refractivity (Wildman–Crippen MR) is 78.8 cm³/mol. The van der Waals surface area contributed by atoms with Crippen LogP contribution in [-0.2, 0) is 0 Å². The Morgan fingerprint density at radius 1 is 1.25 bits per heavy atom. The fourth-order valence-electron chi connectivity index (χ4n) is 1.74. The number of nitrogens with one attached hydrogen (secondary N) is 1. The van der Waals surface area contributed by atoms with Crippen LogP contribution in [-0.4, -0.2) is 11.1 Å². The van der Waals surface area contributed by atoms with Crippen molar-refractivity contribution in [3.05, 3.63) is 41.7 Å². The van der Waals surface area contributed by atoms with Crippen LogP contribution in [0.2, 0.25) is 0 Å². The molecule has 2 rings (SSSR count). The van der Waals surface area contributed by atoms with Gasteiger partial charge in [-0.15, -0.1) is 0 Å². The molecule has 0 aliphatic heterocycles. The second kappa shape index (κ2) is 5.77. The smallest absolute Gasteiger partial charge is 0.239 e. The molecule has 0 atom stereocenters. The molecule has 5 heteroatoms. The van der Waals surface area contributed by atoms with Crippen molar-refractivity contribution in [2.24, 2.45) is 0 Å². The first-order valence-corrected chi connectivity index (χ1v) is 6.42. The zero-order chi connectivity index (χ0) is 14.7. The van der Waals surface area contributed by atoms with Gasteiger partial charge in [0.15, 0.2) is 0 Å². The van der Waals surface area contributed by atoms with Gasteiger partial charge < -0.3 is 15.8 Å². The molecule has 4 nitrogen and oxygen atoms in total. The Hall–Kier alpha value is -2.30. The summed E-state index contributed by atoms with van der Waals surface area (Å²) in [6, 6.07) is 8.02. The molecule has 20 heavy (non-hydrogen) atoms. The average molecular weight is 275 g/mol. The SMILES string of the molecule is Cc1cc(F)ccc1Nc1ccc(N)c(OC(C)C)n1. The Morgan fingerprint density at radius 3 is 2.65 bits per heavy atom. The molecule has 0 amide bonds. The van der Waals surface area contributed by atoms with Crippen LogP contribution < -0.4 is 15.8 Å². The van der Waals surface area contributed by atoms with Gasteiger partial charge in [0.25, 0.3) is 0 Å². The van der Waals surface area contributed by atoms with Gasteiger partial charge in [-0.25, -0.2) is 4.39 Å². The molecular weight excluding hydrogens is 257 g/mol. The van der Waals surface area contributed by atoms with Gasteiger partial charge in [0.05, 0.1) is 11.8 Å². The number of benzene rings is 1. The summed E-state index contributed by atoms with van der Waals surface area (Å²) < 4.78 is 18.6. The number of nitrogen functional groups attached to an aromatic ring is 1. The van der Waals surface area contributed by atoms with Crippen molar-refractivity contribution in [1.29, 1.82) is 0 Å². The molecule has 0 radical (unpaired) electrons. The van der Waals surface area contributed by atoms with Crippen LogP contribution in [0.4, 0.5) is 21.6 Å². The Balaban J connectivity index is 2.25.